The highest BCUT2D eigenvalue weighted by atomic mass is 16.5. The third-order valence-electron chi connectivity index (χ3n) is 1.89. The Balaban J connectivity index is 3.05. The Labute approximate surface area is 82.2 Å². The van der Waals surface area contributed by atoms with E-state index in [9.17, 15) is 4.79 Å². The molecule has 0 spiro atoms. The van der Waals surface area contributed by atoms with Crippen molar-refractivity contribution in [3.8, 4) is 5.75 Å². The number of nitrogen functional groups attached to an aromatic ring is 2. The Kier molecular flexibility index (Phi) is 2.76. The molecule has 0 fully saturated rings. The Morgan fingerprint density at radius 3 is 2.71 bits per heavy atom. The minimum absolute atomic E-state index is 0.307. The molecule has 4 N–H and O–H groups in total. The first-order valence-electron chi connectivity index (χ1n) is 4.05. The lowest BCUT2D eigenvalue weighted by molar-refractivity contribution is -0.128. The molecule has 0 bridgehead atoms. The Hall–Kier alpha value is -1.97. The zero-order valence-corrected chi connectivity index (χ0v) is 7.91. The van der Waals surface area contributed by atoms with Crippen LogP contribution in [0.25, 0.3) is 0 Å². The predicted octanol–water partition coefficient (Wildman–Crippen LogP) is 1.25. The molecule has 0 unspecified atom stereocenters. The Morgan fingerprint density at radius 2 is 2.14 bits per heavy atom. The summed E-state index contributed by atoms with van der Waals surface area (Å²) < 4.78 is 4.89. The number of nitrogens with two attached hydrogens (primary N) is 2. The third-order valence-corrected chi connectivity index (χ3v) is 1.89. The number of rotatable bonds is 2. The summed E-state index contributed by atoms with van der Waals surface area (Å²) in [5, 5.41) is 0. The summed E-state index contributed by atoms with van der Waals surface area (Å²) in [5.41, 5.74) is 13.0. The first-order chi connectivity index (χ1) is 6.56. The fourth-order valence-corrected chi connectivity index (χ4v) is 0.960. The second-order valence-corrected chi connectivity index (χ2v) is 2.82. The van der Waals surface area contributed by atoms with Gasteiger partial charge in [-0.05, 0) is 24.6 Å². The van der Waals surface area contributed by atoms with Gasteiger partial charge in [0.05, 0.1) is 5.69 Å². The lowest BCUT2D eigenvalue weighted by atomic mass is 10.1. The Morgan fingerprint density at radius 1 is 1.50 bits per heavy atom. The molecule has 0 amide bonds. The molecule has 1 aromatic carbocycles. The maximum absolute atomic E-state index is 10.9. The van der Waals surface area contributed by atoms with Crippen molar-refractivity contribution in [3.05, 3.63) is 30.4 Å². The van der Waals surface area contributed by atoms with Crippen molar-refractivity contribution in [2.75, 3.05) is 11.5 Å². The van der Waals surface area contributed by atoms with E-state index in [-0.39, 0.29) is 0 Å². The van der Waals surface area contributed by atoms with Crippen molar-refractivity contribution in [2.24, 2.45) is 0 Å². The van der Waals surface area contributed by atoms with Gasteiger partial charge in [-0.15, -0.1) is 0 Å². The van der Waals surface area contributed by atoms with Crippen molar-refractivity contribution < 1.29 is 9.53 Å². The van der Waals surface area contributed by atoms with Crippen LogP contribution >= 0.6 is 0 Å². The summed E-state index contributed by atoms with van der Waals surface area (Å²) in [6.07, 6.45) is 1.07. The number of hydrogen-bond acceptors (Lipinski definition) is 4. The van der Waals surface area contributed by atoms with Crippen LogP contribution in [0.3, 0.4) is 0 Å². The van der Waals surface area contributed by atoms with E-state index >= 15 is 0 Å². The van der Waals surface area contributed by atoms with Gasteiger partial charge in [-0.25, -0.2) is 4.79 Å². The maximum Gasteiger partial charge on any atom is 0.335 e. The summed E-state index contributed by atoms with van der Waals surface area (Å²) in [4.78, 5) is 10.9. The highest BCUT2D eigenvalue weighted by molar-refractivity contribution is 5.85. The smallest absolute Gasteiger partial charge is 0.335 e. The molecular formula is C10H12N2O2. The van der Waals surface area contributed by atoms with Crippen molar-refractivity contribution >= 4 is 17.3 Å². The molecule has 0 aliphatic carbocycles. The van der Waals surface area contributed by atoms with E-state index in [1.165, 1.54) is 0 Å². The van der Waals surface area contributed by atoms with Gasteiger partial charge in [-0.2, -0.15) is 0 Å². The van der Waals surface area contributed by atoms with E-state index in [0.29, 0.717) is 22.7 Å². The van der Waals surface area contributed by atoms with Crippen LogP contribution in [-0.2, 0) is 4.79 Å². The Bertz CT molecular complexity index is 386. The third kappa shape index (κ3) is 1.85. The van der Waals surface area contributed by atoms with E-state index in [0.717, 1.165) is 6.08 Å². The van der Waals surface area contributed by atoms with Crippen LogP contribution in [0.2, 0.25) is 0 Å². The minimum Gasteiger partial charge on any atom is -0.421 e. The molecule has 1 rings (SSSR count). The summed E-state index contributed by atoms with van der Waals surface area (Å²) in [6.45, 7) is 5.05. The molecule has 74 valence electrons. The molecule has 0 aliphatic rings. The molecule has 0 atom stereocenters. The number of ether oxygens (including phenoxy) is 1. The van der Waals surface area contributed by atoms with Crippen LogP contribution in [0.4, 0.5) is 11.4 Å². The first kappa shape index (κ1) is 10.1. The van der Waals surface area contributed by atoms with Gasteiger partial charge in [0.15, 0.2) is 5.75 Å². The van der Waals surface area contributed by atoms with Crippen molar-refractivity contribution in [1.82, 2.24) is 0 Å². The SMILES string of the molecule is C=CC(=O)Oc1ccc(N)c(C)c1N. The van der Waals surface area contributed by atoms with Crippen LogP contribution in [0, 0.1) is 6.92 Å². The minimum atomic E-state index is -0.541. The number of hydrogen-bond donors (Lipinski definition) is 2. The predicted molar refractivity (Wildman–Crippen MR) is 55.8 cm³/mol. The number of esters is 1. The normalized spacial score (nSPS) is 9.50. The molecule has 1 aromatic rings. The summed E-state index contributed by atoms with van der Waals surface area (Å²) >= 11 is 0. The molecular weight excluding hydrogens is 180 g/mol. The van der Waals surface area contributed by atoms with Crippen molar-refractivity contribution in [3.63, 3.8) is 0 Å². The van der Waals surface area contributed by atoms with Gasteiger partial charge in [0.2, 0.25) is 0 Å². The monoisotopic (exact) mass is 192 g/mol. The quantitative estimate of drug-likeness (QED) is 0.320. The standard InChI is InChI=1S/C10H12N2O2/c1-3-9(13)14-8-5-4-7(11)6(2)10(8)12/h3-5H,1,11-12H2,2H3. The van der Waals surface area contributed by atoms with Crippen LogP contribution in [0.15, 0.2) is 24.8 Å². The first-order valence-corrected chi connectivity index (χ1v) is 4.05. The number of benzene rings is 1. The molecule has 0 aliphatic heterocycles. The summed E-state index contributed by atoms with van der Waals surface area (Å²) in [7, 11) is 0. The molecule has 0 aromatic heterocycles. The van der Waals surface area contributed by atoms with Gasteiger partial charge in [0.25, 0.3) is 0 Å². The number of carbonyl (C=O) groups is 1. The molecule has 0 radical (unpaired) electrons. The maximum atomic E-state index is 10.9. The van der Waals surface area contributed by atoms with Crippen molar-refractivity contribution in [1.29, 1.82) is 0 Å². The van der Waals surface area contributed by atoms with Crippen LogP contribution in [0.5, 0.6) is 5.75 Å². The second kappa shape index (κ2) is 3.83. The van der Waals surface area contributed by atoms with Crippen LogP contribution in [-0.4, -0.2) is 5.97 Å². The molecule has 0 saturated heterocycles. The summed E-state index contributed by atoms with van der Waals surface area (Å²) in [5.74, 6) is -0.234. The van der Waals surface area contributed by atoms with Crippen LogP contribution < -0.4 is 16.2 Å². The molecule has 14 heavy (non-hydrogen) atoms. The molecule has 0 heterocycles. The zero-order chi connectivity index (χ0) is 10.7. The van der Waals surface area contributed by atoms with E-state index in [4.69, 9.17) is 16.2 Å². The van der Waals surface area contributed by atoms with Gasteiger partial charge in [-0.3, -0.25) is 0 Å². The lowest BCUT2D eigenvalue weighted by Crippen LogP contribution is -2.07. The van der Waals surface area contributed by atoms with Gasteiger partial charge >= 0.3 is 5.97 Å². The molecule has 0 saturated carbocycles. The lowest BCUT2D eigenvalue weighted by Gasteiger charge is -2.09. The fraction of sp³-hybridized carbons (Fsp3) is 0.100. The topological polar surface area (TPSA) is 78.3 Å². The molecule has 4 heteroatoms. The van der Waals surface area contributed by atoms with Crippen LogP contribution in [0.1, 0.15) is 5.56 Å². The van der Waals surface area contributed by atoms with E-state index < -0.39 is 5.97 Å². The van der Waals surface area contributed by atoms with E-state index in [1.54, 1.807) is 19.1 Å². The van der Waals surface area contributed by atoms with E-state index in [2.05, 4.69) is 6.58 Å². The highest BCUT2D eigenvalue weighted by Gasteiger charge is 2.08. The van der Waals surface area contributed by atoms with Gasteiger partial charge < -0.3 is 16.2 Å². The summed E-state index contributed by atoms with van der Waals surface area (Å²) in [6, 6.07) is 3.19. The van der Waals surface area contributed by atoms with Gasteiger partial charge in [0, 0.05) is 11.8 Å². The number of carbonyl (C=O) groups excluding carboxylic acids is 1. The fourth-order valence-electron chi connectivity index (χ4n) is 0.960. The average molecular weight is 192 g/mol. The van der Waals surface area contributed by atoms with Gasteiger partial charge in [-0.1, -0.05) is 6.58 Å². The zero-order valence-electron chi connectivity index (χ0n) is 7.91. The largest absolute Gasteiger partial charge is 0.421 e. The van der Waals surface area contributed by atoms with Gasteiger partial charge in [0.1, 0.15) is 0 Å². The molecule has 4 nitrogen and oxygen atoms in total. The second-order valence-electron chi connectivity index (χ2n) is 2.82. The van der Waals surface area contributed by atoms with Crippen molar-refractivity contribution in [2.45, 2.75) is 6.92 Å². The number of anilines is 2. The van der Waals surface area contributed by atoms with E-state index in [1.807, 2.05) is 0 Å². The average Bonchev–Trinajstić information content (AvgIpc) is 2.19. The highest BCUT2D eigenvalue weighted by Crippen LogP contribution is 2.28.